The molecule has 4 heteroatoms. The summed E-state index contributed by atoms with van der Waals surface area (Å²) < 4.78 is 0. The highest BCUT2D eigenvalue weighted by Crippen LogP contribution is 2.31. The molecule has 0 spiro atoms. The molecule has 0 amide bonds. The van der Waals surface area contributed by atoms with E-state index in [9.17, 15) is 4.79 Å². The Morgan fingerprint density at radius 1 is 1.36 bits per heavy atom. The average Bonchev–Trinajstić information content (AvgIpc) is 1.99. The van der Waals surface area contributed by atoms with E-state index in [2.05, 4.69) is 0 Å². The van der Waals surface area contributed by atoms with Gasteiger partial charge in [0.1, 0.15) is 11.5 Å². The monoisotopic (exact) mass is 172 g/mol. The molecular weight excluding hydrogens is 168 g/mol. The van der Waals surface area contributed by atoms with Gasteiger partial charge in [0, 0.05) is 0 Å². The van der Waals surface area contributed by atoms with Crippen LogP contribution in [0.15, 0.2) is 12.1 Å². The molecule has 0 heterocycles. The molecule has 58 valence electrons. The summed E-state index contributed by atoms with van der Waals surface area (Å²) in [5.74, 6) is -0.663. The van der Waals surface area contributed by atoms with Gasteiger partial charge in [-0.15, -0.1) is 0 Å². The van der Waals surface area contributed by atoms with E-state index in [1.165, 1.54) is 12.1 Å². The number of carbonyl (C=O) groups is 1. The van der Waals surface area contributed by atoms with Gasteiger partial charge in [0.2, 0.25) is 0 Å². The second-order valence-electron chi connectivity index (χ2n) is 1.95. The van der Waals surface area contributed by atoms with Gasteiger partial charge in [0.15, 0.2) is 6.29 Å². The lowest BCUT2D eigenvalue weighted by atomic mass is 10.2. The molecule has 0 aliphatic carbocycles. The highest BCUT2D eigenvalue weighted by molar-refractivity contribution is 6.32. The lowest BCUT2D eigenvalue weighted by Gasteiger charge is -2.00. The lowest BCUT2D eigenvalue weighted by molar-refractivity contribution is 0.111. The van der Waals surface area contributed by atoms with E-state index >= 15 is 0 Å². The van der Waals surface area contributed by atoms with Crippen LogP contribution in [0.5, 0.6) is 11.5 Å². The van der Waals surface area contributed by atoms with Crippen LogP contribution in [0, 0.1) is 0 Å². The van der Waals surface area contributed by atoms with Crippen molar-refractivity contribution in [3.8, 4) is 11.5 Å². The maximum Gasteiger partial charge on any atom is 0.157 e. The minimum atomic E-state index is -0.387. The number of aldehydes is 1. The van der Waals surface area contributed by atoms with Crippen LogP contribution in [-0.2, 0) is 0 Å². The Balaban J connectivity index is 3.40. The molecule has 2 N–H and O–H groups in total. The van der Waals surface area contributed by atoms with E-state index in [1.807, 2.05) is 0 Å². The van der Waals surface area contributed by atoms with Crippen molar-refractivity contribution in [3.05, 3.63) is 22.7 Å². The molecule has 1 aromatic rings. The summed E-state index contributed by atoms with van der Waals surface area (Å²) in [5.41, 5.74) is -0.183. The number of aromatic hydroxyl groups is 2. The van der Waals surface area contributed by atoms with Gasteiger partial charge in [-0.05, 0) is 12.1 Å². The zero-order valence-electron chi connectivity index (χ0n) is 5.41. The molecule has 0 aromatic heterocycles. The van der Waals surface area contributed by atoms with E-state index in [1.54, 1.807) is 0 Å². The molecule has 0 radical (unpaired) electrons. The number of rotatable bonds is 1. The van der Waals surface area contributed by atoms with Crippen molar-refractivity contribution in [2.45, 2.75) is 0 Å². The summed E-state index contributed by atoms with van der Waals surface area (Å²) in [7, 11) is 0. The number of carbonyl (C=O) groups excluding carboxylic acids is 1. The van der Waals surface area contributed by atoms with Gasteiger partial charge < -0.3 is 10.2 Å². The fourth-order valence-corrected chi connectivity index (χ4v) is 0.852. The van der Waals surface area contributed by atoms with Crippen molar-refractivity contribution in [2.75, 3.05) is 0 Å². The van der Waals surface area contributed by atoms with Gasteiger partial charge in [0.25, 0.3) is 0 Å². The quantitative estimate of drug-likeness (QED) is 0.632. The number of hydrogen-bond acceptors (Lipinski definition) is 3. The second kappa shape index (κ2) is 2.80. The highest BCUT2D eigenvalue weighted by atomic mass is 35.5. The topological polar surface area (TPSA) is 57.5 Å². The minimum Gasteiger partial charge on any atom is -0.507 e. The van der Waals surface area contributed by atoms with Gasteiger partial charge in [-0.2, -0.15) is 0 Å². The van der Waals surface area contributed by atoms with Crippen molar-refractivity contribution < 1.29 is 15.0 Å². The molecular formula is C7H5ClO3. The highest BCUT2D eigenvalue weighted by Gasteiger charge is 2.08. The number of benzene rings is 1. The van der Waals surface area contributed by atoms with Crippen molar-refractivity contribution in [2.24, 2.45) is 0 Å². The molecule has 11 heavy (non-hydrogen) atoms. The number of halogens is 1. The van der Waals surface area contributed by atoms with Crippen molar-refractivity contribution in [1.29, 1.82) is 0 Å². The smallest absolute Gasteiger partial charge is 0.157 e. The first kappa shape index (κ1) is 7.88. The van der Waals surface area contributed by atoms with Crippen LogP contribution in [0.2, 0.25) is 5.02 Å². The third kappa shape index (κ3) is 1.28. The number of phenols is 2. The number of hydrogen-bond donors (Lipinski definition) is 2. The Morgan fingerprint density at radius 3 is 2.45 bits per heavy atom. The van der Waals surface area contributed by atoms with Crippen LogP contribution < -0.4 is 0 Å². The standard InChI is InChI=1S/C7H5ClO3/c8-5-1-2-6(10)4(3-9)7(5)11/h1-3,10-11H. The Hall–Kier alpha value is -1.22. The predicted octanol–water partition coefficient (Wildman–Crippen LogP) is 1.56. The van der Waals surface area contributed by atoms with Crippen molar-refractivity contribution >= 4 is 17.9 Å². The molecule has 0 unspecified atom stereocenters. The van der Waals surface area contributed by atoms with Gasteiger partial charge in [-0.3, -0.25) is 4.79 Å². The third-order valence-electron chi connectivity index (χ3n) is 1.26. The third-order valence-corrected chi connectivity index (χ3v) is 1.57. The predicted molar refractivity (Wildman–Crippen MR) is 40.2 cm³/mol. The summed E-state index contributed by atoms with van der Waals surface area (Å²) >= 11 is 5.44. The van der Waals surface area contributed by atoms with Crippen LogP contribution in [0.1, 0.15) is 10.4 Å². The summed E-state index contributed by atoms with van der Waals surface area (Å²) in [4.78, 5) is 10.2. The van der Waals surface area contributed by atoms with Gasteiger partial charge in [0.05, 0.1) is 10.6 Å². The summed E-state index contributed by atoms with van der Waals surface area (Å²) in [6.45, 7) is 0. The normalized spacial score (nSPS) is 9.55. The van der Waals surface area contributed by atoms with E-state index in [-0.39, 0.29) is 22.1 Å². The molecule has 0 bridgehead atoms. The zero-order valence-corrected chi connectivity index (χ0v) is 6.17. The molecule has 1 aromatic carbocycles. The van der Waals surface area contributed by atoms with Crippen LogP contribution in [0.3, 0.4) is 0 Å². The van der Waals surface area contributed by atoms with Crippen LogP contribution >= 0.6 is 11.6 Å². The van der Waals surface area contributed by atoms with E-state index in [4.69, 9.17) is 21.8 Å². The molecule has 0 atom stereocenters. The zero-order chi connectivity index (χ0) is 8.43. The molecule has 0 fully saturated rings. The fraction of sp³-hybridized carbons (Fsp3) is 0. The van der Waals surface area contributed by atoms with E-state index in [0.717, 1.165) is 0 Å². The Labute approximate surface area is 67.8 Å². The molecule has 0 aliphatic rings. The molecule has 3 nitrogen and oxygen atoms in total. The fourth-order valence-electron chi connectivity index (χ4n) is 0.687. The largest absolute Gasteiger partial charge is 0.507 e. The first-order valence-corrected chi connectivity index (χ1v) is 3.20. The van der Waals surface area contributed by atoms with Gasteiger partial charge in [-0.25, -0.2) is 0 Å². The van der Waals surface area contributed by atoms with Crippen molar-refractivity contribution in [1.82, 2.24) is 0 Å². The van der Waals surface area contributed by atoms with Crippen LogP contribution in [0.4, 0.5) is 0 Å². The Morgan fingerprint density at radius 2 is 2.00 bits per heavy atom. The SMILES string of the molecule is O=Cc1c(O)ccc(Cl)c1O. The van der Waals surface area contributed by atoms with E-state index < -0.39 is 0 Å². The molecule has 0 saturated heterocycles. The first-order chi connectivity index (χ1) is 5.16. The molecule has 1 rings (SSSR count). The summed E-state index contributed by atoms with van der Waals surface area (Å²) in [6.07, 6.45) is 0.344. The first-order valence-electron chi connectivity index (χ1n) is 2.82. The minimum absolute atomic E-state index is 0.0462. The Bertz CT molecular complexity index is 296. The Kier molecular flexibility index (Phi) is 2.01. The van der Waals surface area contributed by atoms with E-state index in [0.29, 0.717) is 6.29 Å². The summed E-state index contributed by atoms with van der Waals surface area (Å²) in [5, 5.41) is 18.1. The maximum atomic E-state index is 10.2. The van der Waals surface area contributed by atoms with Crippen molar-refractivity contribution in [3.63, 3.8) is 0 Å². The average molecular weight is 173 g/mol. The number of phenolic OH excluding ortho intramolecular Hbond substituents is 2. The summed E-state index contributed by atoms with van der Waals surface area (Å²) in [6, 6.07) is 2.55. The second-order valence-corrected chi connectivity index (χ2v) is 2.35. The van der Waals surface area contributed by atoms with Crippen LogP contribution in [0.25, 0.3) is 0 Å². The lowest BCUT2D eigenvalue weighted by Crippen LogP contribution is -1.82. The maximum absolute atomic E-state index is 10.2. The van der Waals surface area contributed by atoms with Gasteiger partial charge >= 0.3 is 0 Å². The molecule has 0 saturated carbocycles. The van der Waals surface area contributed by atoms with Crippen LogP contribution in [-0.4, -0.2) is 16.5 Å². The van der Waals surface area contributed by atoms with Gasteiger partial charge in [-0.1, -0.05) is 11.6 Å². The molecule has 0 aliphatic heterocycles.